The lowest BCUT2D eigenvalue weighted by molar-refractivity contribution is 0.303. The molecule has 0 aliphatic heterocycles. The van der Waals surface area contributed by atoms with E-state index >= 15 is 0 Å². The molecular weight excluding hydrogens is 285 g/mol. The third kappa shape index (κ3) is 3.66. The van der Waals surface area contributed by atoms with Gasteiger partial charge in [-0.2, -0.15) is 0 Å². The SMILES string of the molecule is CNCc1cc(COc2ccc(Cl)cc2Cl)c(C)o1. The van der Waals surface area contributed by atoms with Crippen LogP contribution in [0.5, 0.6) is 5.75 Å². The van der Waals surface area contributed by atoms with E-state index in [4.69, 9.17) is 32.4 Å². The maximum absolute atomic E-state index is 6.05. The van der Waals surface area contributed by atoms with Crippen molar-refractivity contribution in [1.82, 2.24) is 5.32 Å². The third-order valence-corrected chi connectivity index (χ3v) is 3.23. The number of nitrogens with one attached hydrogen (secondary N) is 1. The molecule has 0 amide bonds. The van der Waals surface area contributed by atoms with Crippen LogP contribution in [0, 0.1) is 6.92 Å². The summed E-state index contributed by atoms with van der Waals surface area (Å²) in [5, 5.41) is 4.14. The Morgan fingerprint density at radius 2 is 2.05 bits per heavy atom. The molecule has 0 spiro atoms. The molecule has 0 aliphatic rings. The highest BCUT2D eigenvalue weighted by Crippen LogP contribution is 2.28. The summed E-state index contributed by atoms with van der Waals surface area (Å²) in [7, 11) is 1.88. The van der Waals surface area contributed by atoms with Crippen molar-refractivity contribution in [2.45, 2.75) is 20.1 Å². The van der Waals surface area contributed by atoms with Crippen LogP contribution in [0.1, 0.15) is 17.1 Å². The predicted octanol–water partition coefficient (Wildman–Crippen LogP) is 4.19. The quantitative estimate of drug-likeness (QED) is 0.899. The number of benzene rings is 1. The van der Waals surface area contributed by atoms with Crippen LogP contribution >= 0.6 is 23.2 Å². The Morgan fingerprint density at radius 3 is 2.74 bits per heavy atom. The number of aryl methyl sites for hydroxylation is 1. The van der Waals surface area contributed by atoms with Gasteiger partial charge in [0.25, 0.3) is 0 Å². The summed E-state index contributed by atoms with van der Waals surface area (Å²) in [6.45, 7) is 3.03. The predicted molar refractivity (Wildman–Crippen MR) is 77.0 cm³/mol. The fourth-order valence-corrected chi connectivity index (χ4v) is 2.20. The number of rotatable bonds is 5. The highest BCUT2D eigenvalue weighted by molar-refractivity contribution is 6.35. The molecule has 0 atom stereocenters. The summed E-state index contributed by atoms with van der Waals surface area (Å²) in [4.78, 5) is 0. The normalized spacial score (nSPS) is 10.7. The second-order valence-corrected chi connectivity index (χ2v) is 5.03. The smallest absolute Gasteiger partial charge is 0.138 e. The van der Waals surface area contributed by atoms with E-state index in [2.05, 4.69) is 5.32 Å². The van der Waals surface area contributed by atoms with Crippen LogP contribution in [0.25, 0.3) is 0 Å². The largest absolute Gasteiger partial charge is 0.487 e. The Morgan fingerprint density at radius 1 is 1.26 bits per heavy atom. The van der Waals surface area contributed by atoms with Crippen molar-refractivity contribution in [2.24, 2.45) is 0 Å². The van der Waals surface area contributed by atoms with E-state index < -0.39 is 0 Å². The Balaban J connectivity index is 2.05. The summed E-state index contributed by atoms with van der Waals surface area (Å²) in [6.07, 6.45) is 0. The topological polar surface area (TPSA) is 34.4 Å². The molecule has 3 nitrogen and oxygen atoms in total. The number of halogens is 2. The maximum Gasteiger partial charge on any atom is 0.138 e. The molecule has 5 heteroatoms. The van der Waals surface area contributed by atoms with Gasteiger partial charge in [0.05, 0.1) is 11.6 Å². The molecule has 1 aromatic carbocycles. The number of furan rings is 1. The van der Waals surface area contributed by atoms with Gasteiger partial charge in [-0.15, -0.1) is 0 Å². The Hall–Kier alpha value is -1.16. The molecule has 0 fully saturated rings. The van der Waals surface area contributed by atoms with E-state index in [1.807, 2.05) is 20.0 Å². The van der Waals surface area contributed by atoms with Crippen molar-refractivity contribution in [2.75, 3.05) is 7.05 Å². The van der Waals surface area contributed by atoms with E-state index in [0.717, 1.165) is 17.1 Å². The standard InChI is InChI=1S/C14H15Cl2NO2/c1-9-10(5-12(19-9)7-17-2)8-18-14-4-3-11(15)6-13(14)16/h3-6,17H,7-8H2,1-2H3. The van der Waals surface area contributed by atoms with Crippen LogP contribution in [0.4, 0.5) is 0 Å². The molecule has 2 rings (SSSR count). The first kappa shape index (κ1) is 14.3. The zero-order chi connectivity index (χ0) is 13.8. The lowest BCUT2D eigenvalue weighted by Gasteiger charge is -2.07. The Bertz CT molecular complexity index is 567. The molecule has 102 valence electrons. The molecule has 0 radical (unpaired) electrons. The third-order valence-electron chi connectivity index (χ3n) is 2.70. The maximum atomic E-state index is 6.05. The summed E-state index contributed by atoms with van der Waals surface area (Å²) in [5.74, 6) is 2.36. The van der Waals surface area contributed by atoms with Gasteiger partial charge < -0.3 is 14.5 Å². The van der Waals surface area contributed by atoms with Gasteiger partial charge in [-0.1, -0.05) is 23.2 Å². The molecule has 19 heavy (non-hydrogen) atoms. The van der Waals surface area contributed by atoms with Crippen molar-refractivity contribution in [3.05, 3.63) is 51.4 Å². The van der Waals surface area contributed by atoms with Crippen LogP contribution < -0.4 is 10.1 Å². The highest BCUT2D eigenvalue weighted by atomic mass is 35.5. The van der Waals surface area contributed by atoms with Gasteiger partial charge in [0.2, 0.25) is 0 Å². The van der Waals surface area contributed by atoms with E-state index in [9.17, 15) is 0 Å². The molecule has 1 heterocycles. The van der Waals surface area contributed by atoms with Gasteiger partial charge in [-0.25, -0.2) is 0 Å². The van der Waals surface area contributed by atoms with Gasteiger partial charge in [0, 0.05) is 10.6 Å². The van der Waals surface area contributed by atoms with Gasteiger partial charge in [-0.3, -0.25) is 0 Å². The van der Waals surface area contributed by atoms with Crippen LogP contribution in [-0.4, -0.2) is 7.05 Å². The molecule has 0 saturated carbocycles. The van der Waals surface area contributed by atoms with E-state index in [-0.39, 0.29) is 0 Å². The Kier molecular flexibility index (Phi) is 4.75. The van der Waals surface area contributed by atoms with E-state index in [1.165, 1.54) is 0 Å². The minimum Gasteiger partial charge on any atom is -0.487 e. The van der Waals surface area contributed by atoms with Crippen LogP contribution in [0.15, 0.2) is 28.7 Å². The first-order valence-electron chi connectivity index (χ1n) is 5.91. The summed E-state index contributed by atoms with van der Waals surface area (Å²) in [6, 6.07) is 7.15. The van der Waals surface area contributed by atoms with Gasteiger partial charge in [0.15, 0.2) is 0 Å². The molecule has 0 aliphatic carbocycles. The average molecular weight is 300 g/mol. The van der Waals surface area contributed by atoms with Crippen molar-refractivity contribution in [3.63, 3.8) is 0 Å². The molecule has 2 aromatic rings. The van der Waals surface area contributed by atoms with Crippen LogP contribution in [0.3, 0.4) is 0 Å². The lowest BCUT2D eigenvalue weighted by Crippen LogP contribution is -2.03. The van der Waals surface area contributed by atoms with Crippen molar-refractivity contribution >= 4 is 23.2 Å². The number of ether oxygens (including phenoxy) is 1. The van der Waals surface area contributed by atoms with E-state index in [1.54, 1.807) is 18.2 Å². The fraction of sp³-hybridized carbons (Fsp3) is 0.286. The molecule has 0 bridgehead atoms. The van der Waals surface area contributed by atoms with Gasteiger partial charge >= 0.3 is 0 Å². The Labute approximate surface area is 122 Å². The van der Waals surface area contributed by atoms with Crippen molar-refractivity contribution < 1.29 is 9.15 Å². The summed E-state index contributed by atoms with van der Waals surface area (Å²) in [5.41, 5.74) is 1.01. The van der Waals surface area contributed by atoms with Crippen LogP contribution in [-0.2, 0) is 13.2 Å². The fourth-order valence-electron chi connectivity index (χ4n) is 1.74. The highest BCUT2D eigenvalue weighted by Gasteiger charge is 2.09. The second kappa shape index (κ2) is 6.33. The van der Waals surface area contributed by atoms with Crippen LogP contribution in [0.2, 0.25) is 10.0 Å². The second-order valence-electron chi connectivity index (χ2n) is 4.19. The minimum atomic E-state index is 0.417. The summed E-state index contributed by atoms with van der Waals surface area (Å²) < 4.78 is 11.3. The van der Waals surface area contributed by atoms with Gasteiger partial charge in [0.1, 0.15) is 23.9 Å². The minimum absolute atomic E-state index is 0.417. The lowest BCUT2D eigenvalue weighted by atomic mass is 10.2. The molecule has 1 N–H and O–H groups in total. The monoisotopic (exact) mass is 299 g/mol. The first-order valence-corrected chi connectivity index (χ1v) is 6.66. The van der Waals surface area contributed by atoms with Crippen molar-refractivity contribution in [1.29, 1.82) is 0 Å². The first-order chi connectivity index (χ1) is 9.10. The molecule has 1 aromatic heterocycles. The zero-order valence-electron chi connectivity index (χ0n) is 10.8. The molecule has 0 saturated heterocycles. The number of hydrogen-bond acceptors (Lipinski definition) is 3. The number of hydrogen-bond donors (Lipinski definition) is 1. The average Bonchev–Trinajstić information content (AvgIpc) is 2.69. The summed E-state index contributed by atoms with van der Waals surface area (Å²) >= 11 is 11.9. The molecular formula is C14H15Cl2NO2. The van der Waals surface area contributed by atoms with E-state index in [0.29, 0.717) is 28.9 Å². The van der Waals surface area contributed by atoms with Gasteiger partial charge in [-0.05, 0) is 38.2 Å². The van der Waals surface area contributed by atoms with Crippen molar-refractivity contribution in [3.8, 4) is 5.75 Å². The zero-order valence-corrected chi connectivity index (χ0v) is 12.3. The molecule has 0 unspecified atom stereocenters.